The topological polar surface area (TPSA) is 64.7 Å². The summed E-state index contributed by atoms with van der Waals surface area (Å²) in [5.74, 6) is -1.55. The number of alkyl halides is 3. The Balaban J connectivity index is 2.00. The van der Waals surface area contributed by atoms with Crippen molar-refractivity contribution >= 4 is 17.4 Å². The van der Waals surface area contributed by atoms with Crippen LogP contribution in [0.4, 0.5) is 23.2 Å². The fourth-order valence-electron chi connectivity index (χ4n) is 3.17. The van der Waals surface area contributed by atoms with Crippen molar-refractivity contribution in [2.24, 2.45) is 4.99 Å². The second-order valence-corrected chi connectivity index (χ2v) is 6.84. The van der Waals surface area contributed by atoms with Crippen molar-refractivity contribution in [2.75, 3.05) is 5.73 Å². The standard InChI is InChI=1S/C20H18F4N2O2/c1-19(14-9-13(25)7-8-15(14)21)11-17(20(22,23)24)28-18(26-19)10-16(27)12-5-3-2-4-6-12/h2-9,17H,10-11,25H2,1H3/t17-,19-/m0/s1. The highest BCUT2D eigenvalue weighted by Crippen LogP contribution is 2.42. The van der Waals surface area contributed by atoms with E-state index in [9.17, 15) is 22.4 Å². The molecule has 0 saturated heterocycles. The molecule has 0 aromatic heterocycles. The highest BCUT2D eigenvalue weighted by Gasteiger charge is 2.50. The molecule has 0 saturated carbocycles. The minimum absolute atomic E-state index is 0.0743. The second kappa shape index (κ2) is 7.26. The average molecular weight is 394 g/mol. The van der Waals surface area contributed by atoms with E-state index in [0.29, 0.717) is 5.56 Å². The van der Waals surface area contributed by atoms with Crippen LogP contribution in [0.15, 0.2) is 53.5 Å². The third-order valence-electron chi connectivity index (χ3n) is 4.58. The van der Waals surface area contributed by atoms with Crippen LogP contribution in [-0.4, -0.2) is 24.0 Å². The van der Waals surface area contributed by atoms with Gasteiger partial charge in [0.1, 0.15) is 5.82 Å². The second-order valence-electron chi connectivity index (χ2n) is 6.84. The van der Waals surface area contributed by atoms with E-state index in [2.05, 4.69) is 4.99 Å². The Bertz CT molecular complexity index is 912. The number of nitrogen functional groups attached to an aromatic ring is 1. The van der Waals surface area contributed by atoms with Gasteiger partial charge in [-0.2, -0.15) is 13.2 Å². The zero-order chi connectivity index (χ0) is 20.5. The molecule has 0 amide bonds. The molecule has 1 aliphatic rings. The average Bonchev–Trinajstić information content (AvgIpc) is 2.63. The first-order valence-electron chi connectivity index (χ1n) is 8.54. The van der Waals surface area contributed by atoms with Gasteiger partial charge in [0.05, 0.1) is 12.0 Å². The number of nitrogens with zero attached hydrogens (tertiary/aromatic N) is 1. The van der Waals surface area contributed by atoms with Gasteiger partial charge in [0.25, 0.3) is 0 Å². The Morgan fingerprint density at radius 1 is 1.25 bits per heavy atom. The molecule has 28 heavy (non-hydrogen) atoms. The number of ketones is 1. The fraction of sp³-hybridized carbons (Fsp3) is 0.300. The summed E-state index contributed by atoms with van der Waals surface area (Å²) in [7, 11) is 0. The van der Waals surface area contributed by atoms with E-state index in [4.69, 9.17) is 10.5 Å². The Morgan fingerprint density at radius 2 is 1.93 bits per heavy atom. The predicted molar refractivity (Wildman–Crippen MR) is 96.5 cm³/mol. The number of rotatable bonds is 4. The van der Waals surface area contributed by atoms with Crippen molar-refractivity contribution in [3.8, 4) is 0 Å². The molecular formula is C20H18F4N2O2. The minimum Gasteiger partial charge on any atom is -0.468 e. The van der Waals surface area contributed by atoms with E-state index in [1.165, 1.54) is 19.1 Å². The summed E-state index contributed by atoms with van der Waals surface area (Å²) in [6, 6.07) is 11.7. The largest absolute Gasteiger partial charge is 0.468 e. The summed E-state index contributed by atoms with van der Waals surface area (Å²) < 4.78 is 59.6. The lowest BCUT2D eigenvalue weighted by atomic mass is 9.85. The number of Topliss-reactive ketones (excluding diaryl/α,β-unsaturated/α-hetero) is 1. The van der Waals surface area contributed by atoms with Gasteiger partial charge >= 0.3 is 6.18 Å². The summed E-state index contributed by atoms with van der Waals surface area (Å²) in [6.45, 7) is 1.37. The third kappa shape index (κ3) is 4.16. The molecule has 2 atom stereocenters. The molecule has 4 nitrogen and oxygen atoms in total. The van der Waals surface area contributed by atoms with Crippen molar-refractivity contribution in [3.05, 3.63) is 65.5 Å². The maximum atomic E-state index is 14.4. The van der Waals surface area contributed by atoms with Gasteiger partial charge in [0.2, 0.25) is 0 Å². The molecule has 0 fully saturated rings. The van der Waals surface area contributed by atoms with E-state index in [0.717, 1.165) is 6.07 Å². The number of aliphatic imine (C=N–C) groups is 1. The monoisotopic (exact) mass is 394 g/mol. The van der Waals surface area contributed by atoms with Crippen LogP contribution >= 0.6 is 0 Å². The summed E-state index contributed by atoms with van der Waals surface area (Å²) >= 11 is 0. The van der Waals surface area contributed by atoms with Crippen LogP contribution in [-0.2, 0) is 10.3 Å². The Labute approximate surface area is 159 Å². The maximum Gasteiger partial charge on any atom is 0.425 e. The summed E-state index contributed by atoms with van der Waals surface area (Å²) in [5, 5.41) is 0. The highest BCUT2D eigenvalue weighted by atomic mass is 19.4. The lowest BCUT2D eigenvalue weighted by Crippen LogP contribution is -2.44. The van der Waals surface area contributed by atoms with Crippen molar-refractivity contribution in [1.29, 1.82) is 0 Å². The van der Waals surface area contributed by atoms with Crippen LogP contribution < -0.4 is 5.73 Å². The number of nitrogens with two attached hydrogens (primary N) is 1. The number of benzene rings is 2. The molecular weight excluding hydrogens is 376 g/mol. The van der Waals surface area contributed by atoms with Crippen molar-refractivity contribution in [1.82, 2.24) is 0 Å². The number of carbonyl (C=O) groups is 1. The van der Waals surface area contributed by atoms with E-state index in [-0.39, 0.29) is 17.1 Å². The summed E-state index contributed by atoms with van der Waals surface area (Å²) in [5.41, 5.74) is 4.55. The van der Waals surface area contributed by atoms with Gasteiger partial charge < -0.3 is 10.5 Å². The Hall–Kier alpha value is -2.90. The molecule has 3 rings (SSSR count). The summed E-state index contributed by atoms with van der Waals surface area (Å²) in [6.07, 6.45) is -8.00. The van der Waals surface area contributed by atoms with Crippen LogP contribution in [0.3, 0.4) is 0 Å². The molecule has 0 unspecified atom stereocenters. The van der Waals surface area contributed by atoms with Gasteiger partial charge in [-0.25, -0.2) is 9.38 Å². The first kappa shape index (κ1) is 19.9. The Morgan fingerprint density at radius 3 is 2.57 bits per heavy atom. The molecule has 1 heterocycles. The molecule has 2 aromatic carbocycles. The van der Waals surface area contributed by atoms with E-state index < -0.39 is 42.3 Å². The predicted octanol–water partition coefficient (Wildman–Crippen LogP) is 4.65. The van der Waals surface area contributed by atoms with E-state index >= 15 is 0 Å². The van der Waals surface area contributed by atoms with Gasteiger partial charge in [-0.05, 0) is 25.1 Å². The van der Waals surface area contributed by atoms with Crippen molar-refractivity contribution in [3.63, 3.8) is 0 Å². The first-order chi connectivity index (χ1) is 13.1. The van der Waals surface area contributed by atoms with Gasteiger partial charge in [0, 0.05) is 23.2 Å². The van der Waals surface area contributed by atoms with Gasteiger partial charge in [-0.1, -0.05) is 30.3 Å². The number of carbonyl (C=O) groups excluding carboxylic acids is 1. The molecule has 0 spiro atoms. The normalized spacial score (nSPS) is 22.3. The van der Waals surface area contributed by atoms with Crippen LogP contribution in [0.25, 0.3) is 0 Å². The van der Waals surface area contributed by atoms with Crippen LogP contribution in [0, 0.1) is 5.82 Å². The number of halogens is 4. The number of hydrogen-bond acceptors (Lipinski definition) is 4. The smallest absolute Gasteiger partial charge is 0.425 e. The SMILES string of the molecule is C[C@@]1(c2cc(N)ccc2F)C[C@@H](C(F)(F)F)OC(CC(=O)c2ccccc2)=N1. The van der Waals surface area contributed by atoms with Crippen LogP contribution in [0.5, 0.6) is 0 Å². The van der Waals surface area contributed by atoms with Crippen molar-refractivity contribution < 1.29 is 27.1 Å². The molecule has 2 aromatic rings. The molecule has 2 N–H and O–H groups in total. The Kier molecular flexibility index (Phi) is 5.14. The lowest BCUT2D eigenvalue weighted by molar-refractivity contribution is -0.208. The number of anilines is 1. The molecule has 8 heteroatoms. The third-order valence-corrected chi connectivity index (χ3v) is 4.58. The fourth-order valence-corrected chi connectivity index (χ4v) is 3.17. The highest BCUT2D eigenvalue weighted by molar-refractivity contribution is 6.07. The maximum absolute atomic E-state index is 14.4. The van der Waals surface area contributed by atoms with Gasteiger partial charge in [0.15, 0.2) is 17.8 Å². The number of ether oxygens (including phenoxy) is 1. The molecule has 0 bridgehead atoms. The van der Waals surface area contributed by atoms with E-state index in [1.807, 2.05) is 0 Å². The molecule has 0 radical (unpaired) electrons. The van der Waals surface area contributed by atoms with Gasteiger partial charge in [-0.3, -0.25) is 4.79 Å². The lowest BCUT2D eigenvalue weighted by Gasteiger charge is -2.37. The molecule has 148 valence electrons. The zero-order valence-corrected chi connectivity index (χ0v) is 15.0. The van der Waals surface area contributed by atoms with Crippen LogP contribution in [0.2, 0.25) is 0 Å². The number of hydrogen-bond donors (Lipinski definition) is 1. The minimum atomic E-state index is -4.70. The van der Waals surface area contributed by atoms with E-state index in [1.54, 1.807) is 30.3 Å². The van der Waals surface area contributed by atoms with Crippen molar-refractivity contribution in [2.45, 2.75) is 37.6 Å². The molecule has 0 aliphatic carbocycles. The van der Waals surface area contributed by atoms with Crippen LogP contribution in [0.1, 0.15) is 35.7 Å². The first-order valence-corrected chi connectivity index (χ1v) is 8.54. The summed E-state index contributed by atoms with van der Waals surface area (Å²) in [4.78, 5) is 16.6. The molecule has 1 aliphatic heterocycles. The quantitative estimate of drug-likeness (QED) is 0.467. The zero-order valence-electron chi connectivity index (χ0n) is 15.0. The van der Waals surface area contributed by atoms with Gasteiger partial charge in [-0.15, -0.1) is 0 Å².